The highest BCUT2D eigenvalue weighted by atomic mass is 16.5. The number of carbonyl (C=O) groups excluding carboxylic acids is 2. The van der Waals surface area contributed by atoms with Gasteiger partial charge in [-0.25, -0.2) is 4.79 Å². The lowest BCUT2D eigenvalue weighted by Crippen LogP contribution is -2.35. The molecule has 0 saturated carbocycles. The van der Waals surface area contributed by atoms with Gasteiger partial charge in [0.25, 0.3) is 5.91 Å². The summed E-state index contributed by atoms with van der Waals surface area (Å²) in [6.07, 6.45) is 0.169. The molecule has 0 saturated heterocycles. The van der Waals surface area contributed by atoms with Crippen molar-refractivity contribution in [1.29, 1.82) is 5.26 Å². The highest BCUT2D eigenvalue weighted by Crippen LogP contribution is 2.28. The van der Waals surface area contributed by atoms with Crippen molar-refractivity contribution in [2.75, 3.05) is 31.8 Å². The Kier molecular flexibility index (Phi) is 8.24. The van der Waals surface area contributed by atoms with Crippen LogP contribution in [-0.2, 0) is 9.53 Å². The minimum atomic E-state index is -0.648. The van der Waals surface area contributed by atoms with Crippen molar-refractivity contribution in [1.82, 2.24) is 0 Å². The normalized spacial score (nSPS) is 10.1. The molecule has 7 nitrogen and oxygen atoms in total. The molecule has 0 N–H and O–H groups in total. The van der Waals surface area contributed by atoms with E-state index >= 15 is 0 Å². The van der Waals surface area contributed by atoms with E-state index in [-0.39, 0.29) is 18.5 Å². The van der Waals surface area contributed by atoms with Crippen LogP contribution < -0.4 is 14.4 Å². The number of esters is 1. The first-order chi connectivity index (χ1) is 14.4. The van der Waals surface area contributed by atoms with Crippen LogP contribution in [0.25, 0.3) is 0 Å². The summed E-state index contributed by atoms with van der Waals surface area (Å²) in [5.41, 5.74) is 2.92. The molecule has 0 bridgehead atoms. The van der Waals surface area contributed by atoms with Crippen LogP contribution in [0.1, 0.15) is 34.8 Å². The lowest BCUT2D eigenvalue weighted by Gasteiger charge is -2.22. The van der Waals surface area contributed by atoms with Crippen LogP contribution in [0.5, 0.6) is 11.5 Å². The first-order valence-corrected chi connectivity index (χ1v) is 9.63. The zero-order valence-corrected chi connectivity index (χ0v) is 17.7. The third-order valence-corrected chi connectivity index (χ3v) is 4.29. The van der Waals surface area contributed by atoms with Crippen LogP contribution in [0.15, 0.2) is 36.4 Å². The van der Waals surface area contributed by atoms with Crippen LogP contribution in [-0.4, -0.2) is 38.7 Å². The Morgan fingerprint density at radius 2 is 1.77 bits per heavy atom. The Bertz CT molecular complexity index is 929. The molecule has 7 heteroatoms. The van der Waals surface area contributed by atoms with Crippen LogP contribution in [0, 0.1) is 25.2 Å². The molecule has 2 aromatic carbocycles. The Morgan fingerprint density at radius 3 is 2.37 bits per heavy atom. The number of benzene rings is 2. The topological polar surface area (TPSA) is 88.9 Å². The van der Waals surface area contributed by atoms with Gasteiger partial charge in [-0.05, 0) is 62.2 Å². The van der Waals surface area contributed by atoms with Crippen molar-refractivity contribution in [3.63, 3.8) is 0 Å². The number of ether oxygens (including phenoxy) is 3. The number of methoxy groups -OCH3 is 1. The molecule has 0 atom stereocenters. The van der Waals surface area contributed by atoms with E-state index in [1.165, 1.54) is 18.1 Å². The standard InChI is InChI=1S/C23H26N2O5/c1-5-29-20-8-7-18(14-21(20)28-4)23(27)30-15-22(26)25(10-6-9-24)19-12-16(2)11-17(3)13-19/h7-8,11-14H,5-6,10,15H2,1-4H3. The first kappa shape index (κ1) is 22.8. The van der Waals surface area contributed by atoms with Gasteiger partial charge < -0.3 is 19.1 Å². The van der Waals surface area contributed by atoms with Crippen LogP contribution in [0.2, 0.25) is 0 Å². The Morgan fingerprint density at radius 1 is 1.07 bits per heavy atom. The predicted molar refractivity (Wildman–Crippen MR) is 113 cm³/mol. The summed E-state index contributed by atoms with van der Waals surface area (Å²) in [4.78, 5) is 26.7. The van der Waals surface area contributed by atoms with Gasteiger partial charge in [-0.2, -0.15) is 5.26 Å². The van der Waals surface area contributed by atoms with E-state index in [0.717, 1.165) is 11.1 Å². The summed E-state index contributed by atoms with van der Waals surface area (Å²) in [6, 6.07) is 12.4. The zero-order chi connectivity index (χ0) is 22.1. The van der Waals surface area contributed by atoms with E-state index in [4.69, 9.17) is 19.5 Å². The molecule has 0 unspecified atom stereocenters. The largest absolute Gasteiger partial charge is 0.493 e. The number of nitrogens with zero attached hydrogens (tertiary/aromatic N) is 2. The van der Waals surface area contributed by atoms with Crippen molar-refractivity contribution in [2.45, 2.75) is 27.2 Å². The summed E-state index contributed by atoms with van der Waals surface area (Å²) >= 11 is 0. The van der Waals surface area contributed by atoms with Gasteiger partial charge >= 0.3 is 5.97 Å². The van der Waals surface area contributed by atoms with E-state index in [2.05, 4.69) is 0 Å². The highest BCUT2D eigenvalue weighted by molar-refractivity contribution is 5.97. The van der Waals surface area contributed by atoms with Gasteiger partial charge in [0.15, 0.2) is 18.1 Å². The molecule has 30 heavy (non-hydrogen) atoms. The quantitative estimate of drug-likeness (QED) is 0.584. The average Bonchev–Trinajstić information content (AvgIpc) is 2.72. The lowest BCUT2D eigenvalue weighted by atomic mass is 10.1. The highest BCUT2D eigenvalue weighted by Gasteiger charge is 2.19. The maximum absolute atomic E-state index is 12.8. The number of carbonyl (C=O) groups is 2. The second kappa shape index (κ2) is 10.9. The molecule has 0 aliphatic carbocycles. The van der Waals surface area contributed by atoms with E-state index in [1.54, 1.807) is 12.1 Å². The number of anilines is 1. The summed E-state index contributed by atoms with van der Waals surface area (Å²) in [5, 5.41) is 8.93. The lowest BCUT2D eigenvalue weighted by molar-refractivity contribution is -0.121. The monoisotopic (exact) mass is 410 g/mol. The summed E-state index contributed by atoms with van der Waals surface area (Å²) in [7, 11) is 1.48. The molecular formula is C23H26N2O5. The van der Waals surface area contributed by atoms with Gasteiger partial charge in [-0.15, -0.1) is 0 Å². The summed E-state index contributed by atoms with van der Waals surface area (Å²) in [5.74, 6) is -0.125. The maximum Gasteiger partial charge on any atom is 0.338 e. The van der Waals surface area contributed by atoms with Crippen molar-refractivity contribution in [3.8, 4) is 17.6 Å². The van der Waals surface area contributed by atoms with Gasteiger partial charge in [0.05, 0.1) is 31.8 Å². The second-order valence-corrected chi connectivity index (χ2v) is 6.67. The maximum atomic E-state index is 12.8. The van der Waals surface area contributed by atoms with Gasteiger partial charge in [0, 0.05) is 12.2 Å². The number of nitriles is 1. The minimum Gasteiger partial charge on any atom is -0.493 e. The van der Waals surface area contributed by atoms with Crippen molar-refractivity contribution in [2.24, 2.45) is 0 Å². The third kappa shape index (κ3) is 5.98. The molecule has 2 rings (SSSR count). The molecular weight excluding hydrogens is 384 g/mol. The number of hydrogen-bond acceptors (Lipinski definition) is 6. The Hall–Kier alpha value is -3.53. The molecule has 0 radical (unpaired) electrons. The van der Waals surface area contributed by atoms with E-state index < -0.39 is 18.5 Å². The first-order valence-electron chi connectivity index (χ1n) is 9.63. The number of rotatable bonds is 9. The van der Waals surface area contributed by atoms with Crippen LogP contribution in [0.4, 0.5) is 5.69 Å². The molecule has 0 aliphatic rings. The zero-order valence-electron chi connectivity index (χ0n) is 17.7. The molecule has 1 amide bonds. The summed E-state index contributed by atoms with van der Waals surface area (Å²) in [6.45, 7) is 5.96. The third-order valence-electron chi connectivity index (χ3n) is 4.29. The van der Waals surface area contributed by atoms with Crippen LogP contribution in [0.3, 0.4) is 0 Å². The van der Waals surface area contributed by atoms with Gasteiger partial charge in [-0.3, -0.25) is 4.79 Å². The van der Waals surface area contributed by atoms with Crippen molar-refractivity contribution < 1.29 is 23.8 Å². The number of hydrogen-bond donors (Lipinski definition) is 0. The fraction of sp³-hybridized carbons (Fsp3) is 0.348. The number of amides is 1. The fourth-order valence-corrected chi connectivity index (χ4v) is 3.02. The van der Waals surface area contributed by atoms with Gasteiger partial charge in [0.1, 0.15) is 0 Å². The Balaban J connectivity index is 2.12. The molecule has 0 fully saturated rings. The SMILES string of the molecule is CCOc1ccc(C(=O)OCC(=O)N(CCC#N)c2cc(C)cc(C)c2)cc1OC. The Labute approximate surface area is 176 Å². The molecule has 0 aromatic heterocycles. The summed E-state index contributed by atoms with van der Waals surface area (Å²) < 4.78 is 15.9. The molecule has 0 heterocycles. The minimum absolute atomic E-state index is 0.169. The molecule has 158 valence electrons. The van der Waals surface area contributed by atoms with E-state index in [0.29, 0.717) is 23.8 Å². The molecule has 2 aromatic rings. The molecule has 0 aliphatic heterocycles. The number of aryl methyl sites for hydroxylation is 2. The van der Waals surface area contributed by atoms with Crippen molar-refractivity contribution >= 4 is 17.6 Å². The fourth-order valence-electron chi connectivity index (χ4n) is 3.02. The van der Waals surface area contributed by atoms with E-state index in [9.17, 15) is 9.59 Å². The van der Waals surface area contributed by atoms with Gasteiger partial charge in [0.2, 0.25) is 0 Å². The predicted octanol–water partition coefficient (Wildman–Crippen LogP) is 3.81. The average molecular weight is 410 g/mol. The van der Waals surface area contributed by atoms with Crippen molar-refractivity contribution in [3.05, 3.63) is 53.1 Å². The smallest absolute Gasteiger partial charge is 0.338 e. The van der Waals surface area contributed by atoms with E-state index in [1.807, 2.05) is 45.0 Å². The second-order valence-electron chi connectivity index (χ2n) is 6.67. The molecule has 0 spiro atoms. The van der Waals surface area contributed by atoms with Crippen LogP contribution >= 0.6 is 0 Å². The van der Waals surface area contributed by atoms with Gasteiger partial charge in [-0.1, -0.05) is 6.07 Å².